The minimum Gasteiger partial charge on any atom is -0.391 e. The molecule has 0 unspecified atom stereocenters. The van der Waals surface area contributed by atoms with Crippen LogP contribution in [0.25, 0.3) is 10.4 Å². The van der Waals surface area contributed by atoms with Gasteiger partial charge in [0.15, 0.2) is 0 Å². The van der Waals surface area contributed by atoms with Gasteiger partial charge in [0.2, 0.25) is 5.91 Å². The van der Waals surface area contributed by atoms with E-state index in [0.29, 0.717) is 31.2 Å². The molecule has 1 saturated carbocycles. The Labute approximate surface area is 192 Å². The number of amides is 1. The van der Waals surface area contributed by atoms with E-state index in [1.807, 2.05) is 51.1 Å². The number of carbonyl (C=O) groups excluding carboxylic acids is 1. The Bertz CT molecular complexity index is 787. The van der Waals surface area contributed by atoms with Crippen molar-refractivity contribution in [2.45, 2.75) is 89.4 Å². The van der Waals surface area contributed by atoms with Crippen molar-refractivity contribution in [2.24, 2.45) is 17.0 Å². The Morgan fingerprint density at radius 3 is 2.59 bits per heavy atom. The molecule has 1 aliphatic carbocycles. The summed E-state index contributed by atoms with van der Waals surface area (Å²) in [4.78, 5) is 18.0. The van der Waals surface area contributed by atoms with Crippen LogP contribution in [0.5, 0.6) is 0 Å². The summed E-state index contributed by atoms with van der Waals surface area (Å²) in [6.07, 6.45) is 6.18. The zero-order valence-electron chi connectivity index (χ0n) is 19.8. The zero-order valence-corrected chi connectivity index (χ0v) is 19.8. The van der Waals surface area contributed by atoms with Gasteiger partial charge in [0.05, 0.1) is 12.1 Å². The largest absolute Gasteiger partial charge is 0.391 e. The molecule has 32 heavy (non-hydrogen) atoms. The predicted octanol–water partition coefficient (Wildman–Crippen LogP) is 4.45. The van der Waals surface area contributed by atoms with Gasteiger partial charge in [0, 0.05) is 36.0 Å². The maximum absolute atomic E-state index is 12.7. The third-order valence-electron chi connectivity index (χ3n) is 6.92. The van der Waals surface area contributed by atoms with Crippen molar-refractivity contribution in [3.63, 3.8) is 0 Å². The molecular weight excluding hydrogens is 402 g/mol. The molecule has 7 nitrogen and oxygen atoms in total. The quantitative estimate of drug-likeness (QED) is 0.354. The monoisotopic (exact) mass is 441 g/mol. The van der Waals surface area contributed by atoms with Gasteiger partial charge in [0.25, 0.3) is 0 Å². The number of hydrogen-bond donors (Lipinski definition) is 2. The number of aliphatic hydroxyl groups excluding tert-OH is 1. The van der Waals surface area contributed by atoms with E-state index in [-0.39, 0.29) is 17.5 Å². The number of aliphatic hydroxyl groups is 1. The van der Waals surface area contributed by atoms with Crippen LogP contribution in [0.4, 0.5) is 0 Å². The number of nitrogens with zero attached hydrogens (tertiary/aromatic N) is 4. The van der Waals surface area contributed by atoms with Crippen LogP contribution in [0.1, 0.15) is 64.9 Å². The molecule has 2 aliphatic rings. The first-order valence-corrected chi connectivity index (χ1v) is 12.1. The highest BCUT2D eigenvalue weighted by molar-refractivity contribution is 5.77. The van der Waals surface area contributed by atoms with Crippen LogP contribution < -0.4 is 5.32 Å². The van der Waals surface area contributed by atoms with Crippen LogP contribution in [0.15, 0.2) is 35.4 Å². The number of azide groups is 1. The van der Waals surface area contributed by atoms with Gasteiger partial charge in [-0.3, -0.25) is 9.69 Å². The van der Waals surface area contributed by atoms with Crippen LogP contribution in [0, 0.1) is 11.8 Å². The second kappa shape index (κ2) is 11.2. The molecule has 1 saturated heterocycles. The van der Waals surface area contributed by atoms with Crippen molar-refractivity contribution in [3.8, 4) is 0 Å². The Morgan fingerprint density at radius 2 is 1.94 bits per heavy atom. The van der Waals surface area contributed by atoms with E-state index < -0.39 is 12.1 Å². The van der Waals surface area contributed by atoms with Crippen molar-refractivity contribution in [2.75, 3.05) is 13.1 Å². The number of fused-ring (bicyclic) bond motifs is 1. The van der Waals surface area contributed by atoms with Crippen LogP contribution >= 0.6 is 0 Å². The summed E-state index contributed by atoms with van der Waals surface area (Å²) in [6, 6.07) is 9.40. The Hall–Kier alpha value is -2.08. The molecule has 1 aromatic rings. The molecule has 2 fully saturated rings. The van der Waals surface area contributed by atoms with Crippen LogP contribution in [-0.4, -0.2) is 52.7 Å². The third-order valence-corrected chi connectivity index (χ3v) is 6.92. The SMILES string of the molecule is CC(C)(C)NC(=O)C[C@@H]1C[C@@H]2CCCC[C@@H]2CN1C[C@@H](O)[C@H](Cc1ccccc1)N=[N+]=[N-]. The molecule has 5 atom stereocenters. The number of β-amino-alcohol motifs (C(OH)–C–C–N with tert-alkyl or cyclic N) is 1. The molecule has 1 amide bonds. The fraction of sp³-hybridized carbons (Fsp3) is 0.720. The Kier molecular flexibility index (Phi) is 8.57. The van der Waals surface area contributed by atoms with Gasteiger partial charge in [-0.15, -0.1) is 0 Å². The molecule has 7 heteroatoms. The minimum atomic E-state index is -0.778. The molecule has 1 heterocycles. The van der Waals surface area contributed by atoms with Crippen LogP contribution in [0.2, 0.25) is 0 Å². The summed E-state index contributed by atoms with van der Waals surface area (Å²) in [6.45, 7) is 7.33. The van der Waals surface area contributed by atoms with E-state index in [4.69, 9.17) is 5.53 Å². The van der Waals surface area contributed by atoms with Crippen LogP contribution in [0.3, 0.4) is 0 Å². The Balaban J connectivity index is 1.71. The van der Waals surface area contributed by atoms with Crippen molar-refractivity contribution >= 4 is 5.91 Å². The molecule has 3 rings (SSSR count). The number of piperidine rings is 1. The number of hydrogen-bond acceptors (Lipinski definition) is 4. The summed E-state index contributed by atoms with van der Waals surface area (Å²) in [7, 11) is 0. The molecule has 176 valence electrons. The standard InChI is InChI=1S/C25H39N5O2/c1-25(2,3)27-24(32)15-21-14-19-11-7-8-12-20(19)16-30(21)17-23(31)22(28-29-26)13-18-9-5-4-6-10-18/h4-6,9-10,19-23,31H,7-8,11-17H2,1-3H3,(H,27,32)/t19-,20+,21-,22-,23+/m0/s1. The molecule has 0 radical (unpaired) electrons. The van der Waals surface area contributed by atoms with Gasteiger partial charge in [0.1, 0.15) is 0 Å². The fourth-order valence-corrected chi connectivity index (χ4v) is 5.44. The van der Waals surface area contributed by atoms with E-state index in [9.17, 15) is 9.90 Å². The fourth-order valence-electron chi connectivity index (χ4n) is 5.44. The van der Waals surface area contributed by atoms with E-state index >= 15 is 0 Å². The normalized spacial score (nSPS) is 25.8. The van der Waals surface area contributed by atoms with Crippen molar-refractivity contribution in [3.05, 3.63) is 46.3 Å². The van der Waals surface area contributed by atoms with E-state index in [2.05, 4.69) is 20.2 Å². The third kappa shape index (κ3) is 7.22. The van der Waals surface area contributed by atoms with Crippen LogP contribution in [-0.2, 0) is 11.2 Å². The molecule has 2 N–H and O–H groups in total. The lowest BCUT2D eigenvalue weighted by atomic mass is 9.72. The highest BCUT2D eigenvalue weighted by atomic mass is 16.3. The van der Waals surface area contributed by atoms with Gasteiger partial charge >= 0.3 is 0 Å². The van der Waals surface area contributed by atoms with Gasteiger partial charge in [-0.2, -0.15) is 0 Å². The van der Waals surface area contributed by atoms with Gasteiger partial charge in [-0.05, 0) is 63.0 Å². The van der Waals surface area contributed by atoms with Gasteiger partial charge < -0.3 is 10.4 Å². The zero-order chi connectivity index (χ0) is 23.1. The smallest absolute Gasteiger partial charge is 0.221 e. The maximum atomic E-state index is 12.7. The number of carbonyl (C=O) groups is 1. The minimum absolute atomic E-state index is 0.0622. The lowest BCUT2D eigenvalue weighted by Crippen LogP contribution is -2.54. The first kappa shape index (κ1) is 24.6. The molecule has 1 aromatic carbocycles. The van der Waals surface area contributed by atoms with E-state index in [1.165, 1.54) is 25.7 Å². The first-order chi connectivity index (χ1) is 15.2. The summed E-state index contributed by atoms with van der Waals surface area (Å²) in [5.41, 5.74) is 9.86. The second-order valence-electron chi connectivity index (χ2n) is 10.7. The van der Waals surface area contributed by atoms with Gasteiger partial charge in [-0.25, -0.2) is 0 Å². The first-order valence-electron chi connectivity index (χ1n) is 12.1. The lowest BCUT2D eigenvalue weighted by Gasteiger charge is -2.47. The lowest BCUT2D eigenvalue weighted by molar-refractivity contribution is -0.125. The second-order valence-corrected chi connectivity index (χ2v) is 10.7. The highest BCUT2D eigenvalue weighted by Crippen LogP contribution is 2.39. The van der Waals surface area contributed by atoms with Gasteiger partial charge in [-0.1, -0.05) is 54.7 Å². The number of rotatable bonds is 8. The summed E-state index contributed by atoms with van der Waals surface area (Å²) >= 11 is 0. The molecule has 0 bridgehead atoms. The van der Waals surface area contributed by atoms with E-state index in [0.717, 1.165) is 18.5 Å². The molecule has 0 spiro atoms. The topological polar surface area (TPSA) is 101 Å². The predicted molar refractivity (Wildman–Crippen MR) is 127 cm³/mol. The summed E-state index contributed by atoms with van der Waals surface area (Å²) < 4.78 is 0. The average molecular weight is 442 g/mol. The summed E-state index contributed by atoms with van der Waals surface area (Å²) in [5.74, 6) is 1.36. The van der Waals surface area contributed by atoms with E-state index in [1.54, 1.807) is 0 Å². The molecule has 0 aromatic heterocycles. The highest BCUT2D eigenvalue weighted by Gasteiger charge is 2.39. The number of likely N-dealkylation sites (tertiary alicyclic amines) is 1. The number of benzene rings is 1. The van der Waals surface area contributed by atoms with Crippen molar-refractivity contribution < 1.29 is 9.90 Å². The maximum Gasteiger partial charge on any atom is 0.221 e. The Morgan fingerprint density at radius 1 is 1.25 bits per heavy atom. The molecular formula is C25H39N5O2. The molecule has 1 aliphatic heterocycles. The van der Waals surface area contributed by atoms with Crippen molar-refractivity contribution in [1.82, 2.24) is 10.2 Å². The number of nitrogens with one attached hydrogen (secondary N) is 1. The average Bonchev–Trinajstić information content (AvgIpc) is 2.73. The summed E-state index contributed by atoms with van der Waals surface area (Å²) in [5, 5.41) is 18.1. The van der Waals surface area contributed by atoms with Crippen molar-refractivity contribution in [1.29, 1.82) is 0 Å².